The smallest absolute Gasteiger partial charge is 0.179 e. The fourth-order valence-corrected chi connectivity index (χ4v) is 2.82. The lowest BCUT2D eigenvalue weighted by molar-refractivity contribution is -0.0152. The summed E-state index contributed by atoms with van der Waals surface area (Å²) >= 11 is 0. The van der Waals surface area contributed by atoms with Gasteiger partial charge in [-0.05, 0) is 36.1 Å². The molecule has 0 fully saturated rings. The van der Waals surface area contributed by atoms with Crippen molar-refractivity contribution in [1.82, 2.24) is 4.98 Å². The molecule has 1 aromatic carbocycles. The number of carbonyl (C=O) groups is 1. The molecular formula is C15H17NO4. The van der Waals surface area contributed by atoms with E-state index in [0.717, 1.165) is 29.3 Å². The van der Waals surface area contributed by atoms with Gasteiger partial charge in [0.15, 0.2) is 5.78 Å². The van der Waals surface area contributed by atoms with E-state index in [1.165, 1.54) is 0 Å². The predicted molar refractivity (Wildman–Crippen MR) is 73.6 cm³/mol. The van der Waals surface area contributed by atoms with Crippen molar-refractivity contribution < 1.29 is 20.1 Å². The number of Topliss-reactive ketones (excluding diaryl/α,β-unsaturated/α-hetero) is 1. The van der Waals surface area contributed by atoms with Crippen LogP contribution >= 0.6 is 0 Å². The molecule has 0 saturated heterocycles. The molecule has 20 heavy (non-hydrogen) atoms. The van der Waals surface area contributed by atoms with Crippen LogP contribution in [0, 0.1) is 0 Å². The number of aliphatic hydroxyl groups is 3. The van der Waals surface area contributed by atoms with Crippen LogP contribution in [0.2, 0.25) is 0 Å². The van der Waals surface area contributed by atoms with Crippen LogP contribution in [0.5, 0.6) is 0 Å². The standard InChI is InChI=1S/C15H17NO4/c17-7-13(19)15(20)8-4-5-11-10(6-8)9-2-1-3-12(18)14(9)16-11/h4-6,13,15-17,19-20H,1-3,7H2. The van der Waals surface area contributed by atoms with Gasteiger partial charge in [0.05, 0.1) is 12.3 Å². The highest BCUT2D eigenvalue weighted by atomic mass is 16.4. The Balaban J connectivity index is 2.09. The number of aromatic nitrogens is 1. The van der Waals surface area contributed by atoms with E-state index in [1.54, 1.807) is 18.2 Å². The van der Waals surface area contributed by atoms with Crippen LogP contribution in [0.15, 0.2) is 18.2 Å². The van der Waals surface area contributed by atoms with Crippen molar-refractivity contribution in [3.05, 3.63) is 35.0 Å². The van der Waals surface area contributed by atoms with E-state index < -0.39 is 18.8 Å². The topological polar surface area (TPSA) is 93.6 Å². The normalized spacial score (nSPS) is 18.1. The highest BCUT2D eigenvalue weighted by Gasteiger charge is 2.23. The van der Waals surface area contributed by atoms with E-state index in [0.29, 0.717) is 17.7 Å². The second-order valence-electron chi connectivity index (χ2n) is 5.26. The lowest BCUT2D eigenvalue weighted by Crippen LogP contribution is -2.21. The minimum atomic E-state index is -1.20. The lowest BCUT2D eigenvalue weighted by atomic mass is 9.93. The molecule has 0 bridgehead atoms. The van der Waals surface area contributed by atoms with Gasteiger partial charge in [-0.1, -0.05) is 6.07 Å². The molecule has 2 atom stereocenters. The number of rotatable bonds is 3. The van der Waals surface area contributed by atoms with Crippen LogP contribution in [0.25, 0.3) is 10.9 Å². The van der Waals surface area contributed by atoms with E-state index >= 15 is 0 Å². The molecule has 1 aliphatic carbocycles. The van der Waals surface area contributed by atoms with Crippen molar-refractivity contribution in [1.29, 1.82) is 0 Å². The lowest BCUT2D eigenvalue weighted by Gasteiger charge is -2.16. The predicted octanol–water partition coefficient (Wildman–Crippen LogP) is 1.07. The number of hydrogen-bond donors (Lipinski definition) is 4. The van der Waals surface area contributed by atoms with Crippen molar-refractivity contribution in [3.8, 4) is 0 Å². The maximum atomic E-state index is 11.9. The van der Waals surface area contributed by atoms with Gasteiger partial charge in [0, 0.05) is 17.3 Å². The molecule has 0 saturated carbocycles. The number of carbonyl (C=O) groups excluding carboxylic acids is 1. The molecule has 0 aliphatic heterocycles. The first kappa shape index (κ1) is 13.3. The summed E-state index contributed by atoms with van der Waals surface area (Å²) in [5, 5.41) is 29.3. The Kier molecular flexibility index (Phi) is 3.33. The van der Waals surface area contributed by atoms with Gasteiger partial charge >= 0.3 is 0 Å². The number of fused-ring (bicyclic) bond motifs is 3. The minimum absolute atomic E-state index is 0.125. The summed E-state index contributed by atoms with van der Waals surface area (Å²) in [7, 11) is 0. The fraction of sp³-hybridized carbons (Fsp3) is 0.400. The molecular weight excluding hydrogens is 258 g/mol. The van der Waals surface area contributed by atoms with E-state index in [-0.39, 0.29) is 5.78 Å². The molecule has 5 nitrogen and oxygen atoms in total. The van der Waals surface area contributed by atoms with Gasteiger partial charge in [-0.25, -0.2) is 0 Å². The number of H-pyrrole nitrogens is 1. The van der Waals surface area contributed by atoms with Gasteiger partial charge in [-0.2, -0.15) is 0 Å². The third-order valence-electron chi connectivity index (χ3n) is 3.93. The Hall–Kier alpha value is -1.69. The molecule has 1 aliphatic rings. The Morgan fingerprint density at radius 1 is 1.25 bits per heavy atom. The summed E-state index contributed by atoms with van der Waals surface area (Å²) in [4.78, 5) is 15.0. The molecule has 106 valence electrons. The molecule has 2 aromatic rings. The highest BCUT2D eigenvalue weighted by molar-refractivity contribution is 6.03. The molecule has 0 amide bonds. The van der Waals surface area contributed by atoms with Crippen molar-refractivity contribution in [2.45, 2.75) is 31.5 Å². The molecule has 1 heterocycles. The summed E-state index contributed by atoms with van der Waals surface area (Å²) < 4.78 is 0. The van der Waals surface area contributed by atoms with Crippen LogP contribution in [-0.2, 0) is 6.42 Å². The van der Waals surface area contributed by atoms with Crippen molar-refractivity contribution in [2.75, 3.05) is 6.61 Å². The molecule has 3 rings (SSSR count). The monoisotopic (exact) mass is 275 g/mol. The summed E-state index contributed by atoms with van der Waals surface area (Å²) in [6.45, 7) is -0.497. The zero-order valence-corrected chi connectivity index (χ0v) is 11.0. The molecule has 2 unspecified atom stereocenters. The summed E-state index contributed by atoms with van der Waals surface area (Å²) in [5.41, 5.74) is 3.06. The maximum absolute atomic E-state index is 11.9. The molecule has 5 heteroatoms. The third-order valence-corrected chi connectivity index (χ3v) is 3.93. The number of aromatic amines is 1. The molecule has 0 spiro atoms. The first-order valence-electron chi connectivity index (χ1n) is 6.76. The summed E-state index contributed by atoms with van der Waals surface area (Å²) in [6, 6.07) is 5.27. The van der Waals surface area contributed by atoms with Gasteiger partial charge in [-0.15, -0.1) is 0 Å². The quantitative estimate of drug-likeness (QED) is 0.674. The fourth-order valence-electron chi connectivity index (χ4n) is 2.82. The Morgan fingerprint density at radius 2 is 2.05 bits per heavy atom. The van der Waals surface area contributed by atoms with Crippen LogP contribution in [0.1, 0.15) is 40.6 Å². The minimum Gasteiger partial charge on any atom is -0.394 e. The number of ketones is 1. The van der Waals surface area contributed by atoms with Crippen LogP contribution in [0.3, 0.4) is 0 Å². The number of nitrogens with one attached hydrogen (secondary N) is 1. The van der Waals surface area contributed by atoms with Crippen LogP contribution in [0.4, 0.5) is 0 Å². The Morgan fingerprint density at radius 3 is 2.80 bits per heavy atom. The van der Waals surface area contributed by atoms with Gasteiger partial charge in [0.25, 0.3) is 0 Å². The number of hydrogen-bond acceptors (Lipinski definition) is 4. The van der Waals surface area contributed by atoms with Crippen LogP contribution in [-0.4, -0.2) is 38.8 Å². The molecule has 1 aromatic heterocycles. The van der Waals surface area contributed by atoms with E-state index in [1.807, 2.05) is 0 Å². The van der Waals surface area contributed by atoms with Crippen LogP contribution < -0.4 is 0 Å². The Bertz CT molecular complexity index is 661. The van der Waals surface area contributed by atoms with E-state index in [2.05, 4.69) is 4.98 Å². The molecule has 0 radical (unpaired) electrons. The second kappa shape index (κ2) is 5.01. The highest BCUT2D eigenvalue weighted by Crippen LogP contribution is 2.31. The Labute approximate surface area is 115 Å². The van der Waals surface area contributed by atoms with E-state index in [4.69, 9.17) is 5.11 Å². The largest absolute Gasteiger partial charge is 0.394 e. The molecule has 4 N–H and O–H groups in total. The van der Waals surface area contributed by atoms with Gasteiger partial charge < -0.3 is 20.3 Å². The zero-order chi connectivity index (χ0) is 14.3. The van der Waals surface area contributed by atoms with Crippen molar-refractivity contribution in [2.24, 2.45) is 0 Å². The first-order valence-corrected chi connectivity index (χ1v) is 6.76. The summed E-state index contributed by atoms with van der Waals surface area (Å²) in [5.74, 6) is 0.125. The second-order valence-corrected chi connectivity index (χ2v) is 5.26. The average molecular weight is 275 g/mol. The SMILES string of the molecule is O=C1CCCc2c1[nH]c1ccc(C(O)C(O)CO)cc21. The van der Waals surface area contributed by atoms with Crippen molar-refractivity contribution >= 4 is 16.7 Å². The first-order chi connectivity index (χ1) is 9.61. The number of benzene rings is 1. The number of aliphatic hydroxyl groups excluding tert-OH is 3. The number of aryl methyl sites for hydroxylation is 1. The average Bonchev–Trinajstić information content (AvgIpc) is 2.85. The van der Waals surface area contributed by atoms with Gasteiger partial charge in [-0.3, -0.25) is 4.79 Å². The maximum Gasteiger partial charge on any atom is 0.179 e. The van der Waals surface area contributed by atoms with Gasteiger partial charge in [0.1, 0.15) is 12.2 Å². The van der Waals surface area contributed by atoms with Crippen molar-refractivity contribution in [3.63, 3.8) is 0 Å². The third kappa shape index (κ3) is 2.04. The van der Waals surface area contributed by atoms with Gasteiger partial charge in [0.2, 0.25) is 0 Å². The zero-order valence-electron chi connectivity index (χ0n) is 11.0. The van der Waals surface area contributed by atoms with E-state index in [9.17, 15) is 15.0 Å². The summed E-state index contributed by atoms with van der Waals surface area (Å²) in [6.07, 6.45) is -0.0925.